The molecule has 3 N–H and O–H groups in total. The summed E-state index contributed by atoms with van der Waals surface area (Å²) in [6.07, 6.45) is 0. The predicted octanol–water partition coefficient (Wildman–Crippen LogP) is 2.99. The molecule has 94 valence electrons. The van der Waals surface area contributed by atoms with Gasteiger partial charge in [0.1, 0.15) is 11.6 Å². The van der Waals surface area contributed by atoms with E-state index in [9.17, 15) is 9.18 Å². The number of rotatable bonds is 4. The zero-order valence-corrected chi connectivity index (χ0v) is 10.0. The number of halogens is 1. The molecule has 0 amide bonds. The number of anilines is 1. The van der Waals surface area contributed by atoms with Gasteiger partial charge in [-0.1, -0.05) is 0 Å². The van der Waals surface area contributed by atoms with E-state index in [0.717, 1.165) is 4.90 Å². The molecule has 4 nitrogen and oxygen atoms in total. The maximum atomic E-state index is 12.8. The number of benzene rings is 1. The van der Waals surface area contributed by atoms with E-state index >= 15 is 0 Å². The van der Waals surface area contributed by atoms with Gasteiger partial charge in [-0.25, -0.2) is 9.18 Å². The molecule has 0 radical (unpaired) electrons. The lowest BCUT2D eigenvalue weighted by atomic mass is 10.3. The van der Waals surface area contributed by atoms with Gasteiger partial charge in [0.25, 0.3) is 0 Å². The Bertz CT molecular complexity index is 582. The standard InChI is InChI=1S/C12H10FNO3S/c13-7-1-4-11(9(14)5-7)18-6-8-2-3-10(17-8)12(15)16/h1-5H,6,14H2,(H,15,16). The number of nitrogen functional groups attached to an aromatic ring is 1. The minimum absolute atomic E-state index is 0.0994. The first-order valence-corrected chi connectivity index (χ1v) is 6.04. The summed E-state index contributed by atoms with van der Waals surface area (Å²) in [7, 11) is 0. The molecule has 0 spiro atoms. The Labute approximate surface area is 107 Å². The number of hydrogen-bond acceptors (Lipinski definition) is 4. The van der Waals surface area contributed by atoms with Crippen LogP contribution >= 0.6 is 11.8 Å². The fraction of sp³-hybridized carbons (Fsp3) is 0.0833. The van der Waals surface area contributed by atoms with Crippen LogP contribution in [0.15, 0.2) is 39.6 Å². The largest absolute Gasteiger partial charge is 0.475 e. The van der Waals surface area contributed by atoms with E-state index in [0.29, 0.717) is 17.2 Å². The van der Waals surface area contributed by atoms with Gasteiger partial charge in [0.15, 0.2) is 0 Å². The van der Waals surface area contributed by atoms with Crippen molar-refractivity contribution in [1.29, 1.82) is 0 Å². The van der Waals surface area contributed by atoms with Crippen LogP contribution in [-0.2, 0) is 5.75 Å². The molecule has 2 aromatic rings. The molecule has 0 unspecified atom stereocenters. The van der Waals surface area contributed by atoms with Crippen molar-refractivity contribution < 1.29 is 18.7 Å². The quantitative estimate of drug-likeness (QED) is 0.657. The monoisotopic (exact) mass is 267 g/mol. The maximum absolute atomic E-state index is 12.8. The van der Waals surface area contributed by atoms with E-state index in [1.165, 1.54) is 30.0 Å². The normalized spacial score (nSPS) is 10.5. The van der Waals surface area contributed by atoms with Crippen LogP contribution in [0.3, 0.4) is 0 Å². The van der Waals surface area contributed by atoms with Crippen LogP contribution in [0.4, 0.5) is 10.1 Å². The molecule has 0 bridgehead atoms. The van der Waals surface area contributed by atoms with E-state index in [1.54, 1.807) is 12.1 Å². The van der Waals surface area contributed by atoms with E-state index in [2.05, 4.69) is 0 Å². The first-order chi connectivity index (χ1) is 8.56. The molecule has 1 heterocycles. The topological polar surface area (TPSA) is 76.5 Å². The number of carboxylic acids is 1. The number of aromatic carboxylic acids is 1. The van der Waals surface area contributed by atoms with Gasteiger partial charge in [-0.2, -0.15) is 0 Å². The molecule has 0 aliphatic carbocycles. The van der Waals surface area contributed by atoms with Crippen LogP contribution in [0.5, 0.6) is 0 Å². The Morgan fingerprint density at radius 1 is 1.39 bits per heavy atom. The lowest BCUT2D eigenvalue weighted by Gasteiger charge is -2.03. The predicted molar refractivity (Wildman–Crippen MR) is 66.0 cm³/mol. The molecule has 1 aromatic carbocycles. The second-order valence-corrected chi connectivity index (χ2v) is 4.56. The van der Waals surface area contributed by atoms with Crippen LogP contribution in [0.1, 0.15) is 16.3 Å². The maximum Gasteiger partial charge on any atom is 0.371 e. The second-order valence-electron chi connectivity index (χ2n) is 3.54. The van der Waals surface area contributed by atoms with Crippen molar-refractivity contribution in [3.05, 3.63) is 47.7 Å². The summed E-state index contributed by atoms with van der Waals surface area (Å²) in [5.74, 6) is -0.627. The summed E-state index contributed by atoms with van der Waals surface area (Å²) in [6, 6.07) is 7.13. The minimum atomic E-state index is -1.10. The fourth-order valence-corrected chi connectivity index (χ4v) is 2.21. The van der Waals surface area contributed by atoms with Crippen LogP contribution in [0.2, 0.25) is 0 Å². The molecular formula is C12H10FNO3S. The van der Waals surface area contributed by atoms with Crippen molar-refractivity contribution in [1.82, 2.24) is 0 Å². The van der Waals surface area contributed by atoms with Gasteiger partial charge in [0.2, 0.25) is 5.76 Å². The Morgan fingerprint density at radius 3 is 2.78 bits per heavy atom. The molecule has 1 aromatic heterocycles. The molecule has 2 rings (SSSR count). The highest BCUT2D eigenvalue weighted by Gasteiger charge is 2.09. The van der Waals surface area contributed by atoms with Crippen LogP contribution in [0, 0.1) is 5.82 Å². The highest BCUT2D eigenvalue weighted by Crippen LogP contribution is 2.29. The van der Waals surface area contributed by atoms with Crippen LogP contribution < -0.4 is 5.73 Å². The minimum Gasteiger partial charge on any atom is -0.475 e. The van der Waals surface area contributed by atoms with Gasteiger partial charge < -0.3 is 15.3 Å². The van der Waals surface area contributed by atoms with Gasteiger partial charge >= 0.3 is 5.97 Å². The Balaban J connectivity index is 2.04. The number of thioether (sulfide) groups is 1. The number of hydrogen-bond donors (Lipinski definition) is 2. The Hall–Kier alpha value is -1.95. The lowest BCUT2D eigenvalue weighted by molar-refractivity contribution is 0.0661. The molecule has 0 aliphatic heterocycles. The summed E-state index contributed by atoms with van der Waals surface area (Å²) >= 11 is 1.36. The van der Waals surface area contributed by atoms with Gasteiger partial charge in [-0.3, -0.25) is 0 Å². The van der Waals surface area contributed by atoms with Gasteiger partial charge in [0.05, 0.1) is 5.75 Å². The third kappa shape index (κ3) is 2.84. The number of carboxylic acid groups (broad SMARTS) is 1. The van der Waals surface area contributed by atoms with Crippen LogP contribution in [-0.4, -0.2) is 11.1 Å². The van der Waals surface area contributed by atoms with E-state index < -0.39 is 5.97 Å². The zero-order chi connectivity index (χ0) is 13.1. The second kappa shape index (κ2) is 5.14. The van der Waals surface area contributed by atoms with Crippen molar-refractivity contribution >= 4 is 23.4 Å². The average Bonchev–Trinajstić information content (AvgIpc) is 2.76. The molecule has 18 heavy (non-hydrogen) atoms. The molecule has 0 atom stereocenters. The van der Waals surface area contributed by atoms with Gasteiger partial charge in [-0.15, -0.1) is 11.8 Å². The lowest BCUT2D eigenvalue weighted by Crippen LogP contribution is -1.92. The summed E-state index contributed by atoms with van der Waals surface area (Å²) in [5, 5.41) is 8.70. The third-order valence-electron chi connectivity index (χ3n) is 2.21. The summed E-state index contributed by atoms with van der Waals surface area (Å²) in [6.45, 7) is 0. The highest BCUT2D eigenvalue weighted by molar-refractivity contribution is 7.98. The molecule has 0 saturated heterocycles. The zero-order valence-electron chi connectivity index (χ0n) is 9.22. The van der Waals surface area contributed by atoms with Crippen LogP contribution in [0.25, 0.3) is 0 Å². The molecule has 6 heteroatoms. The number of furan rings is 1. The number of carbonyl (C=O) groups is 1. The van der Waals surface area contributed by atoms with Crippen molar-refractivity contribution in [3.63, 3.8) is 0 Å². The van der Waals surface area contributed by atoms with Crippen molar-refractivity contribution in [2.45, 2.75) is 10.6 Å². The van der Waals surface area contributed by atoms with Crippen molar-refractivity contribution in [2.75, 3.05) is 5.73 Å². The first-order valence-electron chi connectivity index (χ1n) is 5.06. The third-order valence-corrected chi connectivity index (χ3v) is 3.33. The molecule has 0 aliphatic rings. The summed E-state index contributed by atoms with van der Waals surface area (Å²) < 4.78 is 17.9. The molecule has 0 saturated carbocycles. The van der Waals surface area contributed by atoms with Gasteiger partial charge in [0, 0.05) is 10.6 Å². The summed E-state index contributed by atoms with van der Waals surface area (Å²) in [5.41, 5.74) is 6.01. The SMILES string of the molecule is Nc1cc(F)ccc1SCc1ccc(C(=O)O)o1. The van der Waals surface area contributed by atoms with Gasteiger partial charge in [-0.05, 0) is 30.3 Å². The summed E-state index contributed by atoms with van der Waals surface area (Å²) in [4.78, 5) is 11.3. The van der Waals surface area contributed by atoms with Crippen molar-refractivity contribution in [3.8, 4) is 0 Å². The smallest absolute Gasteiger partial charge is 0.371 e. The molecular weight excluding hydrogens is 257 g/mol. The van der Waals surface area contributed by atoms with E-state index in [1.807, 2.05) is 0 Å². The Kier molecular flexibility index (Phi) is 3.57. The van der Waals surface area contributed by atoms with E-state index in [-0.39, 0.29) is 11.6 Å². The molecule has 0 fully saturated rings. The average molecular weight is 267 g/mol. The fourth-order valence-electron chi connectivity index (χ4n) is 1.37. The first kappa shape index (κ1) is 12.5. The number of nitrogens with two attached hydrogens (primary N) is 1. The Morgan fingerprint density at radius 2 is 2.17 bits per heavy atom. The highest BCUT2D eigenvalue weighted by atomic mass is 32.2. The van der Waals surface area contributed by atoms with E-state index in [4.69, 9.17) is 15.3 Å². The van der Waals surface area contributed by atoms with Crippen molar-refractivity contribution in [2.24, 2.45) is 0 Å².